The van der Waals surface area contributed by atoms with Gasteiger partial charge in [0.25, 0.3) is 5.56 Å². The Morgan fingerprint density at radius 3 is 2.08 bits per heavy atom. The zero-order valence-electron chi connectivity index (χ0n) is 21.6. The molecule has 1 aromatic rings. The molecular formula is C22H35N2O10PS. The predicted octanol–water partition coefficient (Wildman–Crippen LogP) is 4.08. The highest BCUT2D eigenvalue weighted by Crippen LogP contribution is 2.50. The van der Waals surface area contributed by atoms with Crippen LogP contribution in [-0.4, -0.2) is 47.8 Å². The van der Waals surface area contributed by atoms with E-state index in [0.717, 1.165) is 0 Å². The average Bonchev–Trinajstić information content (AvgIpc) is 3.11. The fourth-order valence-corrected chi connectivity index (χ4v) is 4.20. The van der Waals surface area contributed by atoms with Crippen molar-refractivity contribution in [3.8, 4) is 0 Å². The molecular weight excluding hydrogens is 515 g/mol. The van der Waals surface area contributed by atoms with Crippen LogP contribution in [0.15, 0.2) is 17.1 Å². The monoisotopic (exact) mass is 550 g/mol. The third-order valence-corrected chi connectivity index (χ3v) is 6.65. The first-order valence-corrected chi connectivity index (χ1v) is 13.2. The van der Waals surface area contributed by atoms with Gasteiger partial charge in [-0.15, -0.1) is 0 Å². The second-order valence-electron chi connectivity index (χ2n) is 10.5. The van der Waals surface area contributed by atoms with Gasteiger partial charge in [-0.1, -0.05) is 6.92 Å². The van der Waals surface area contributed by atoms with E-state index in [0.29, 0.717) is 6.42 Å². The first kappa shape index (κ1) is 30.3. The summed E-state index contributed by atoms with van der Waals surface area (Å²) < 4.78 is 46.7. The van der Waals surface area contributed by atoms with E-state index in [1.807, 2.05) is 6.92 Å². The Balaban J connectivity index is 2.03. The first-order chi connectivity index (χ1) is 16.5. The van der Waals surface area contributed by atoms with Gasteiger partial charge in [0, 0.05) is 18.2 Å². The molecule has 0 saturated carbocycles. The number of phosphoric ester groups is 1. The second-order valence-corrected chi connectivity index (χ2v) is 12.5. The van der Waals surface area contributed by atoms with Crippen LogP contribution in [0.2, 0.25) is 0 Å². The standard InChI is InChI=1S/C22H35N2O10PS/c1-14-10-15(34-17(14)24-9-8-16(25)23-20(24)36)11-31-35(28,32-12-29-18(26)21(2,3)4)33-13-30-19(27)22(5,6)7/h8-9,14-15,17H,10-13H2,1-7H3,(H,23,25,36)/t14-,15-,17+/m0/s1. The van der Waals surface area contributed by atoms with Crippen molar-refractivity contribution in [3.63, 3.8) is 0 Å². The predicted molar refractivity (Wildman–Crippen MR) is 130 cm³/mol. The van der Waals surface area contributed by atoms with E-state index in [1.54, 1.807) is 46.1 Å². The molecule has 0 bridgehead atoms. The fourth-order valence-electron chi connectivity index (χ4n) is 3.00. The number of nitrogens with zero attached hydrogens (tertiary/aromatic N) is 1. The molecule has 1 saturated heterocycles. The number of esters is 2. The van der Waals surface area contributed by atoms with Crippen LogP contribution in [0.3, 0.4) is 0 Å². The maximum atomic E-state index is 13.2. The normalized spacial score (nSPS) is 20.8. The van der Waals surface area contributed by atoms with Crippen LogP contribution in [0.25, 0.3) is 0 Å². The summed E-state index contributed by atoms with van der Waals surface area (Å²) in [7, 11) is -4.33. The van der Waals surface area contributed by atoms with Crippen molar-refractivity contribution in [2.24, 2.45) is 16.7 Å². The summed E-state index contributed by atoms with van der Waals surface area (Å²) in [6, 6.07) is 1.34. The van der Waals surface area contributed by atoms with Gasteiger partial charge in [0.05, 0.1) is 23.5 Å². The number of hydrogen-bond donors (Lipinski definition) is 1. The van der Waals surface area contributed by atoms with Crippen LogP contribution in [0.4, 0.5) is 0 Å². The van der Waals surface area contributed by atoms with Crippen LogP contribution in [-0.2, 0) is 41.9 Å². The largest absolute Gasteiger partial charge is 0.480 e. The highest BCUT2D eigenvalue weighted by Gasteiger charge is 2.37. The van der Waals surface area contributed by atoms with E-state index >= 15 is 0 Å². The summed E-state index contributed by atoms with van der Waals surface area (Å²) in [4.78, 5) is 38.0. The minimum absolute atomic E-state index is 0.0158. The molecule has 0 amide bonds. The SMILES string of the molecule is C[C@H]1C[C@@H](COP(=O)(OCOC(=O)C(C)(C)C)OCOC(=O)C(C)(C)C)O[C@H]1n1ccc(=O)[nH]c1=S. The van der Waals surface area contributed by atoms with E-state index in [9.17, 15) is 18.9 Å². The number of ether oxygens (including phenoxy) is 3. The van der Waals surface area contributed by atoms with Crippen molar-refractivity contribution in [3.05, 3.63) is 27.4 Å². The third kappa shape index (κ3) is 8.89. The Bertz CT molecular complexity index is 1050. The van der Waals surface area contributed by atoms with Crippen molar-refractivity contribution in [1.29, 1.82) is 0 Å². The summed E-state index contributed by atoms with van der Waals surface area (Å²) in [5.41, 5.74) is -1.93. The Labute approximate surface area is 215 Å². The topological polar surface area (TPSA) is 144 Å². The molecule has 0 aromatic carbocycles. The van der Waals surface area contributed by atoms with E-state index in [-0.39, 0.29) is 22.9 Å². The maximum Gasteiger partial charge on any atom is 0.480 e. The summed E-state index contributed by atoms with van der Waals surface area (Å²) in [5.74, 6) is -1.18. The van der Waals surface area contributed by atoms with Gasteiger partial charge in [0.2, 0.25) is 13.6 Å². The van der Waals surface area contributed by atoms with Gasteiger partial charge in [-0.05, 0) is 60.2 Å². The average molecular weight is 551 g/mol. The molecule has 2 rings (SSSR count). The number of H-pyrrole nitrogens is 1. The van der Waals surface area contributed by atoms with Crippen LogP contribution >= 0.6 is 20.0 Å². The van der Waals surface area contributed by atoms with Gasteiger partial charge in [-0.25, -0.2) is 13.6 Å². The molecule has 1 aliphatic heterocycles. The fraction of sp³-hybridized carbons (Fsp3) is 0.727. The van der Waals surface area contributed by atoms with Gasteiger partial charge in [-0.2, -0.15) is 0 Å². The van der Waals surface area contributed by atoms with Crippen LogP contribution < -0.4 is 5.56 Å². The van der Waals surface area contributed by atoms with Gasteiger partial charge >= 0.3 is 19.8 Å². The molecule has 36 heavy (non-hydrogen) atoms. The lowest BCUT2D eigenvalue weighted by Crippen LogP contribution is -2.25. The number of hydrogen-bond acceptors (Lipinski definition) is 11. The summed E-state index contributed by atoms with van der Waals surface area (Å²) in [6.45, 7) is 10.2. The lowest BCUT2D eigenvalue weighted by atomic mass is 9.98. The van der Waals surface area contributed by atoms with Crippen LogP contribution in [0, 0.1) is 21.5 Å². The molecule has 1 fully saturated rings. The molecule has 1 aliphatic rings. The molecule has 0 radical (unpaired) electrons. The first-order valence-electron chi connectivity index (χ1n) is 11.4. The summed E-state index contributed by atoms with van der Waals surface area (Å²) >= 11 is 5.21. The van der Waals surface area contributed by atoms with Crippen molar-refractivity contribution in [1.82, 2.24) is 9.55 Å². The maximum absolute atomic E-state index is 13.2. The van der Waals surface area contributed by atoms with Crippen molar-refractivity contribution < 1.29 is 41.9 Å². The molecule has 14 heteroatoms. The van der Waals surface area contributed by atoms with Gasteiger partial charge in [0.15, 0.2) is 4.77 Å². The van der Waals surface area contributed by atoms with Gasteiger partial charge in [0.1, 0.15) is 6.23 Å². The number of rotatable bonds is 10. The lowest BCUT2D eigenvalue weighted by Gasteiger charge is -2.22. The molecule has 1 aromatic heterocycles. The molecule has 0 aliphatic carbocycles. The van der Waals surface area contributed by atoms with E-state index in [4.69, 9.17) is 40.0 Å². The molecule has 2 heterocycles. The molecule has 12 nitrogen and oxygen atoms in total. The number of carbonyl (C=O) groups is 2. The van der Waals surface area contributed by atoms with Gasteiger partial charge < -0.3 is 14.2 Å². The minimum atomic E-state index is -4.33. The summed E-state index contributed by atoms with van der Waals surface area (Å²) in [5, 5.41) is 0. The molecule has 0 spiro atoms. The smallest absolute Gasteiger partial charge is 0.437 e. The van der Waals surface area contributed by atoms with Crippen molar-refractivity contribution >= 4 is 32.0 Å². The highest BCUT2D eigenvalue weighted by molar-refractivity contribution is 7.71. The number of carbonyl (C=O) groups excluding carboxylic acids is 2. The lowest BCUT2D eigenvalue weighted by molar-refractivity contribution is -0.163. The van der Waals surface area contributed by atoms with Crippen molar-refractivity contribution in [2.45, 2.75) is 67.2 Å². The molecule has 1 N–H and O–H groups in total. The van der Waals surface area contributed by atoms with E-state index in [2.05, 4.69) is 4.98 Å². The minimum Gasteiger partial charge on any atom is -0.437 e. The number of aromatic nitrogens is 2. The number of aromatic amines is 1. The Morgan fingerprint density at radius 1 is 1.08 bits per heavy atom. The zero-order chi connectivity index (χ0) is 27.3. The van der Waals surface area contributed by atoms with Crippen LogP contribution in [0.1, 0.15) is 61.1 Å². The van der Waals surface area contributed by atoms with E-state index in [1.165, 1.54) is 12.3 Å². The molecule has 204 valence electrons. The number of phosphoric acid groups is 1. The highest BCUT2D eigenvalue weighted by atomic mass is 32.1. The van der Waals surface area contributed by atoms with Crippen LogP contribution in [0.5, 0.6) is 0 Å². The summed E-state index contributed by atoms with van der Waals surface area (Å²) in [6.07, 6.45) is 1.05. The molecule has 3 atom stereocenters. The third-order valence-electron chi connectivity index (χ3n) is 5.02. The zero-order valence-corrected chi connectivity index (χ0v) is 23.3. The quantitative estimate of drug-likeness (QED) is 0.195. The molecule has 0 unspecified atom stereocenters. The Hall–Kier alpha value is -1.89. The second kappa shape index (κ2) is 12.1. The Morgan fingerprint density at radius 2 is 1.61 bits per heavy atom. The van der Waals surface area contributed by atoms with E-state index < -0.39 is 56.5 Å². The van der Waals surface area contributed by atoms with Crippen molar-refractivity contribution in [2.75, 3.05) is 20.2 Å². The van der Waals surface area contributed by atoms with Gasteiger partial charge in [-0.3, -0.25) is 28.5 Å². The number of nitrogens with one attached hydrogen (secondary N) is 1. The Kier molecular flexibility index (Phi) is 10.2.